The Labute approximate surface area is 298 Å². The highest BCUT2D eigenvalue weighted by Gasteiger charge is 2.38. The van der Waals surface area contributed by atoms with E-state index in [1.807, 2.05) is 89.5 Å². The molecule has 0 atom stereocenters. The summed E-state index contributed by atoms with van der Waals surface area (Å²) in [5, 5.41) is 0. The van der Waals surface area contributed by atoms with Gasteiger partial charge >= 0.3 is 0 Å². The molecule has 7 aromatic rings. The van der Waals surface area contributed by atoms with Gasteiger partial charge in [0.25, 0.3) is 0 Å². The molecule has 0 aliphatic heterocycles. The van der Waals surface area contributed by atoms with Gasteiger partial charge in [0, 0.05) is 33.2 Å². The minimum atomic E-state index is -0.218. The Morgan fingerprint density at radius 3 is 2.00 bits per heavy atom. The summed E-state index contributed by atoms with van der Waals surface area (Å²) in [6.07, 6.45) is 9.25. The average molecular weight is 661 g/mol. The van der Waals surface area contributed by atoms with Gasteiger partial charge in [-0.15, -0.1) is 0 Å². The van der Waals surface area contributed by atoms with Crippen LogP contribution in [0.5, 0.6) is 0 Å². The van der Waals surface area contributed by atoms with E-state index in [9.17, 15) is 0 Å². The Hall–Kier alpha value is -6.34. The Morgan fingerprint density at radius 1 is 0.745 bits per heavy atom. The van der Waals surface area contributed by atoms with Gasteiger partial charge in [-0.3, -0.25) is 4.57 Å². The summed E-state index contributed by atoms with van der Waals surface area (Å²) in [6, 6.07) is 30.8. The van der Waals surface area contributed by atoms with Crippen LogP contribution in [0.4, 0.5) is 0 Å². The molecule has 0 spiro atoms. The molecule has 8 rings (SSSR count). The van der Waals surface area contributed by atoms with Crippen molar-refractivity contribution in [1.29, 1.82) is 0 Å². The van der Waals surface area contributed by atoms with Crippen LogP contribution in [-0.2, 0) is 5.41 Å². The highest BCUT2D eigenvalue weighted by atomic mass is 16.3. The lowest BCUT2D eigenvalue weighted by Crippen LogP contribution is -2.15. The fourth-order valence-electron chi connectivity index (χ4n) is 7.34. The first-order valence-corrected chi connectivity index (χ1v) is 16.9. The van der Waals surface area contributed by atoms with Crippen molar-refractivity contribution in [3.63, 3.8) is 0 Å². The summed E-state index contributed by atoms with van der Waals surface area (Å²) >= 11 is 0. The summed E-state index contributed by atoms with van der Waals surface area (Å²) in [7, 11) is 2.14. The number of aromatic nitrogens is 5. The molecule has 7 heteroatoms. The Morgan fingerprint density at radius 2 is 1.39 bits per heavy atom. The molecule has 0 N–H and O–H groups in total. The predicted molar refractivity (Wildman–Crippen MR) is 211 cm³/mol. The van der Waals surface area contributed by atoms with E-state index in [1.54, 1.807) is 0 Å². The van der Waals surface area contributed by atoms with Crippen LogP contribution < -0.4 is 0 Å². The third-order valence-corrected chi connectivity index (χ3v) is 9.88. The highest BCUT2D eigenvalue weighted by molar-refractivity contribution is 6.61. The molecule has 3 aromatic heterocycles. The Balaban J connectivity index is 1.31. The van der Waals surface area contributed by atoms with Crippen molar-refractivity contribution in [2.45, 2.75) is 26.1 Å². The molecule has 0 amide bonds. The van der Waals surface area contributed by atoms with E-state index in [0.29, 0.717) is 17.6 Å². The zero-order chi connectivity index (χ0) is 35.3. The van der Waals surface area contributed by atoms with Crippen LogP contribution in [-0.4, -0.2) is 31.8 Å². The maximum atomic E-state index is 5.89. The van der Waals surface area contributed by atoms with E-state index >= 15 is 0 Å². The molecule has 1 radical (unpaired) electrons. The molecule has 0 saturated carbocycles. The summed E-state index contributed by atoms with van der Waals surface area (Å²) in [6.45, 7) is 19.3. The number of oxazole rings is 1. The van der Waals surface area contributed by atoms with Crippen LogP contribution >= 0.6 is 0 Å². The molecule has 245 valence electrons. The quantitative estimate of drug-likeness (QED) is 0.144. The molecule has 51 heavy (non-hydrogen) atoms. The lowest BCUT2D eigenvalue weighted by Gasteiger charge is -2.22. The maximum absolute atomic E-state index is 5.89. The van der Waals surface area contributed by atoms with Crippen LogP contribution in [0.2, 0.25) is 6.82 Å². The molecule has 1 aliphatic rings. The van der Waals surface area contributed by atoms with Gasteiger partial charge in [0.2, 0.25) is 5.95 Å². The van der Waals surface area contributed by atoms with Crippen LogP contribution in [0.25, 0.3) is 80.7 Å². The molecule has 0 unspecified atom stereocenters. The van der Waals surface area contributed by atoms with E-state index in [-0.39, 0.29) is 5.41 Å². The van der Waals surface area contributed by atoms with E-state index in [2.05, 4.69) is 83.0 Å². The normalized spacial score (nSPS) is 13.1. The summed E-state index contributed by atoms with van der Waals surface area (Å²) in [4.78, 5) is 19.4. The van der Waals surface area contributed by atoms with Gasteiger partial charge in [-0.05, 0) is 40.5 Å². The first-order chi connectivity index (χ1) is 24.9. The van der Waals surface area contributed by atoms with Crippen molar-refractivity contribution in [2.24, 2.45) is 0 Å². The third-order valence-electron chi connectivity index (χ3n) is 9.88. The predicted octanol–water partition coefficient (Wildman–Crippen LogP) is 10.6. The fourth-order valence-corrected chi connectivity index (χ4v) is 7.34. The molecule has 1 aliphatic carbocycles. The second kappa shape index (κ2) is 12.5. The maximum Gasteiger partial charge on any atom is 0.238 e. The zero-order valence-corrected chi connectivity index (χ0v) is 28.9. The number of nitrogens with zero attached hydrogens (tertiary/aromatic N) is 5. The number of fused-ring (bicyclic) bond motifs is 5. The van der Waals surface area contributed by atoms with Crippen molar-refractivity contribution in [3.8, 4) is 39.9 Å². The van der Waals surface area contributed by atoms with E-state index in [4.69, 9.17) is 19.4 Å². The number of hydrogen-bond acceptors (Lipinski definition) is 5. The largest absolute Gasteiger partial charge is 0.443 e. The van der Waals surface area contributed by atoms with Crippen molar-refractivity contribution < 1.29 is 4.42 Å². The first kappa shape index (κ1) is 31.9. The van der Waals surface area contributed by atoms with Gasteiger partial charge in [-0.2, -0.15) is 9.97 Å². The fraction of sp³-hybridized carbons (Fsp3) is 0.0909. The van der Waals surface area contributed by atoms with Gasteiger partial charge in [0.15, 0.2) is 23.6 Å². The standard InChI is InChI=1S/C44H35BN5O/c1-7-30-32(25-35(45-6)29-20-21-31-34(24-29)44(4,5)33-22-23-36-40(39(31)33)51-26-46-36)38(9-3)50(37(30)8-2)43-48-41(27-16-12-10-13-17-27)47-42(49-43)28-18-14-11-15-19-28/h7-26H,1-3H2,4-6H3/b35-25-. The molecule has 0 saturated heterocycles. The zero-order valence-electron chi connectivity index (χ0n) is 28.9. The average Bonchev–Trinajstić information content (AvgIpc) is 3.84. The molecule has 6 nitrogen and oxygen atoms in total. The van der Waals surface area contributed by atoms with Gasteiger partial charge < -0.3 is 4.42 Å². The molecule has 4 aromatic carbocycles. The van der Waals surface area contributed by atoms with E-state index < -0.39 is 0 Å². The van der Waals surface area contributed by atoms with Crippen molar-refractivity contribution >= 4 is 48.2 Å². The van der Waals surface area contributed by atoms with E-state index in [0.717, 1.165) is 61.3 Å². The monoisotopic (exact) mass is 660 g/mol. The topological polar surface area (TPSA) is 69.6 Å². The molecular formula is C44H35BN5O. The van der Waals surface area contributed by atoms with Crippen LogP contribution in [0, 0.1) is 0 Å². The van der Waals surface area contributed by atoms with Gasteiger partial charge in [0.1, 0.15) is 12.8 Å². The van der Waals surface area contributed by atoms with Crippen molar-refractivity contribution in [3.05, 3.63) is 156 Å². The lowest BCUT2D eigenvalue weighted by atomic mass is 9.67. The summed E-state index contributed by atoms with van der Waals surface area (Å²) < 4.78 is 7.90. The summed E-state index contributed by atoms with van der Waals surface area (Å²) in [5.74, 6) is 1.61. The first-order valence-electron chi connectivity index (χ1n) is 16.9. The van der Waals surface area contributed by atoms with Gasteiger partial charge in [-0.25, -0.2) is 9.97 Å². The van der Waals surface area contributed by atoms with Crippen LogP contribution in [0.1, 0.15) is 53.1 Å². The Kier molecular flexibility index (Phi) is 7.83. The van der Waals surface area contributed by atoms with Crippen LogP contribution in [0.15, 0.2) is 122 Å². The molecular weight excluding hydrogens is 625 g/mol. The van der Waals surface area contributed by atoms with Gasteiger partial charge in [-0.1, -0.05) is 143 Å². The Bertz CT molecular complexity index is 2480. The van der Waals surface area contributed by atoms with Crippen molar-refractivity contribution in [2.75, 3.05) is 0 Å². The van der Waals surface area contributed by atoms with E-state index in [1.165, 1.54) is 23.1 Å². The molecule has 3 heterocycles. The molecule has 0 fully saturated rings. The second-order valence-corrected chi connectivity index (χ2v) is 13.0. The lowest BCUT2D eigenvalue weighted by molar-refractivity contribution is 0.601. The number of benzene rings is 4. The van der Waals surface area contributed by atoms with Gasteiger partial charge in [0.05, 0.1) is 11.4 Å². The number of rotatable bonds is 9. The summed E-state index contributed by atoms with van der Waals surface area (Å²) in [5.41, 5.74) is 13.7. The van der Waals surface area contributed by atoms with Crippen LogP contribution in [0.3, 0.4) is 0 Å². The minimum absolute atomic E-state index is 0.218. The molecule has 0 bridgehead atoms. The third kappa shape index (κ3) is 5.12. The van der Waals surface area contributed by atoms with Crippen molar-refractivity contribution in [1.82, 2.24) is 24.5 Å². The smallest absolute Gasteiger partial charge is 0.238 e. The minimum Gasteiger partial charge on any atom is -0.443 e. The number of hydrogen-bond donors (Lipinski definition) is 0. The SMILES string of the molecule is C=Cc1c(/C=C(\[B]C)c2ccc3c(c2)C(C)(C)c2ccc4ncoc4c2-3)c(C=C)n(-c2nc(-c3ccccc3)nc(-c3ccccc3)n2)c1C=C. The second-order valence-electron chi connectivity index (χ2n) is 13.0. The highest BCUT2D eigenvalue weighted by Crippen LogP contribution is 2.51.